The number of hydrogen-bond donors (Lipinski definition) is 1. The van der Waals surface area contributed by atoms with Crippen molar-refractivity contribution in [1.82, 2.24) is 10.2 Å². The van der Waals surface area contributed by atoms with Gasteiger partial charge in [-0.15, -0.1) is 10.2 Å². The van der Waals surface area contributed by atoms with Crippen LogP contribution in [0.25, 0.3) is 11.5 Å². The molecular formula is C21H15Cl2N3O. The van der Waals surface area contributed by atoms with Crippen molar-refractivity contribution in [3.05, 3.63) is 100 Å². The van der Waals surface area contributed by atoms with Crippen LogP contribution in [0.4, 0.5) is 5.69 Å². The molecule has 0 amide bonds. The number of rotatable bonds is 5. The second-order valence-electron chi connectivity index (χ2n) is 5.92. The van der Waals surface area contributed by atoms with Gasteiger partial charge in [0.2, 0.25) is 11.8 Å². The SMILES string of the molecule is Clc1cccc(N[C@@H](c2ccccc2)c2nnc(-c3ccccc3Cl)o2)c1. The van der Waals surface area contributed by atoms with E-state index in [1.807, 2.05) is 72.8 Å². The van der Waals surface area contributed by atoms with Crippen molar-refractivity contribution in [2.45, 2.75) is 6.04 Å². The lowest BCUT2D eigenvalue weighted by Crippen LogP contribution is -2.12. The van der Waals surface area contributed by atoms with Gasteiger partial charge >= 0.3 is 0 Å². The molecule has 4 aromatic rings. The van der Waals surface area contributed by atoms with E-state index in [2.05, 4.69) is 15.5 Å². The summed E-state index contributed by atoms with van der Waals surface area (Å²) in [5.74, 6) is 0.820. The lowest BCUT2D eigenvalue weighted by molar-refractivity contribution is 0.494. The molecule has 0 bridgehead atoms. The van der Waals surface area contributed by atoms with Crippen LogP contribution in [-0.4, -0.2) is 10.2 Å². The number of halogens is 2. The maximum absolute atomic E-state index is 6.25. The molecule has 4 nitrogen and oxygen atoms in total. The highest BCUT2D eigenvalue weighted by atomic mass is 35.5. The molecule has 1 N–H and O–H groups in total. The Kier molecular flexibility index (Phi) is 5.10. The molecule has 0 saturated carbocycles. The fourth-order valence-electron chi connectivity index (χ4n) is 2.77. The Bertz CT molecular complexity index is 1050. The van der Waals surface area contributed by atoms with Crippen LogP contribution in [0.2, 0.25) is 10.0 Å². The lowest BCUT2D eigenvalue weighted by Gasteiger charge is -2.17. The number of aromatic nitrogens is 2. The Hall–Kier alpha value is -2.82. The number of anilines is 1. The van der Waals surface area contributed by atoms with Gasteiger partial charge in [-0.1, -0.05) is 71.7 Å². The van der Waals surface area contributed by atoms with E-state index in [-0.39, 0.29) is 6.04 Å². The maximum Gasteiger partial charge on any atom is 0.249 e. The monoisotopic (exact) mass is 395 g/mol. The summed E-state index contributed by atoms with van der Waals surface area (Å²) in [6.07, 6.45) is 0. The van der Waals surface area contributed by atoms with Gasteiger partial charge in [0.25, 0.3) is 0 Å². The molecule has 1 aromatic heterocycles. The Morgan fingerprint density at radius 2 is 1.59 bits per heavy atom. The number of nitrogens with one attached hydrogen (secondary N) is 1. The summed E-state index contributed by atoms with van der Waals surface area (Å²) in [5, 5.41) is 13.1. The van der Waals surface area contributed by atoms with Crippen LogP contribution in [0.3, 0.4) is 0 Å². The van der Waals surface area contributed by atoms with Crippen molar-refractivity contribution in [3.63, 3.8) is 0 Å². The molecule has 1 heterocycles. The van der Waals surface area contributed by atoms with Crippen molar-refractivity contribution >= 4 is 28.9 Å². The first-order chi connectivity index (χ1) is 13.2. The van der Waals surface area contributed by atoms with Gasteiger partial charge in [0.05, 0.1) is 10.6 Å². The molecule has 27 heavy (non-hydrogen) atoms. The third-order valence-corrected chi connectivity index (χ3v) is 4.63. The number of nitrogens with zero attached hydrogens (tertiary/aromatic N) is 2. The zero-order chi connectivity index (χ0) is 18.6. The van der Waals surface area contributed by atoms with E-state index < -0.39 is 0 Å². The zero-order valence-corrected chi connectivity index (χ0v) is 15.7. The van der Waals surface area contributed by atoms with Crippen LogP contribution in [-0.2, 0) is 0 Å². The molecule has 4 rings (SSSR count). The fraction of sp³-hybridized carbons (Fsp3) is 0.0476. The van der Waals surface area contributed by atoms with E-state index in [4.69, 9.17) is 27.6 Å². The van der Waals surface area contributed by atoms with Crippen molar-refractivity contribution in [2.75, 3.05) is 5.32 Å². The van der Waals surface area contributed by atoms with E-state index >= 15 is 0 Å². The van der Waals surface area contributed by atoms with Gasteiger partial charge in [-0.2, -0.15) is 0 Å². The average molecular weight is 396 g/mol. The Balaban J connectivity index is 1.72. The van der Waals surface area contributed by atoms with Crippen LogP contribution in [0, 0.1) is 0 Å². The molecule has 1 atom stereocenters. The highest BCUT2D eigenvalue weighted by molar-refractivity contribution is 6.33. The smallest absolute Gasteiger partial charge is 0.249 e. The van der Waals surface area contributed by atoms with Crippen molar-refractivity contribution in [1.29, 1.82) is 0 Å². The minimum atomic E-state index is -0.326. The van der Waals surface area contributed by atoms with Gasteiger partial charge in [-0.25, -0.2) is 0 Å². The number of hydrogen-bond acceptors (Lipinski definition) is 4. The first kappa shape index (κ1) is 17.6. The topological polar surface area (TPSA) is 51.0 Å². The van der Waals surface area contributed by atoms with Gasteiger partial charge in [0, 0.05) is 10.7 Å². The van der Waals surface area contributed by atoms with Crippen molar-refractivity contribution < 1.29 is 4.42 Å². The molecule has 0 radical (unpaired) electrons. The number of benzene rings is 3. The third-order valence-electron chi connectivity index (χ3n) is 4.06. The molecule has 0 fully saturated rings. The van der Waals surface area contributed by atoms with Gasteiger partial charge in [-0.05, 0) is 35.9 Å². The van der Waals surface area contributed by atoms with E-state index in [0.29, 0.717) is 27.4 Å². The summed E-state index contributed by atoms with van der Waals surface area (Å²) >= 11 is 12.4. The molecule has 0 unspecified atom stereocenters. The van der Waals surface area contributed by atoms with E-state index in [1.54, 1.807) is 6.07 Å². The molecule has 0 aliphatic carbocycles. The molecule has 0 saturated heterocycles. The Morgan fingerprint density at radius 1 is 0.815 bits per heavy atom. The second kappa shape index (κ2) is 7.82. The predicted molar refractivity (Wildman–Crippen MR) is 108 cm³/mol. The second-order valence-corrected chi connectivity index (χ2v) is 6.77. The summed E-state index contributed by atoms with van der Waals surface area (Å²) in [4.78, 5) is 0. The first-order valence-electron chi connectivity index (χ1n) is 8.36. The van der Waals surface area contributed by atoms with E-state index in [9.17, 15) is 0 Å². The Labute approximate surface area is 166 Å². The minimum Gasteiger partial charge on any atom is -0.418 e. The van der Waals surface area contributed by atoms with Gasteiger partial charge < -0.3 is 9.73 Å². The molecule has 6 heteroatoms. The normalized spacial score (nSPS) is 11.9. The summed E-state index contributed by atoms with van der Waals surface area (Å²) in [6.45, 7) is 0. The van der Waals surface area contributed by atoms with Crippen molar-refractivity contribution in [3.8, 4) is 11.5 Å². The fourth-order valence-corrected chi connectivity index (χ4v) is 3.18. The molecule has 134 valence electrons. The van der Waals surface area contributed by atoms with Gasteiger partial charge in [0.1, 0.15) is 6.04 Å². The van der Waals surface area contributed by atoms with Gasteiger partial charge in [0.15, 0.2) is 0 Å². The predicted octanol–water partition coefficient (Wildman–Crippen LogP) is 6.24. The van der Waals surface area contributed by atoms with Crippen LogP contribution >= 0.6 is 23.2 Å². The summed E-state index contributed by atoms with van der Waals surface area (Å²) < 4.78 is 5.97. The van der Waals surface area contributed by atoms with Crippen LogP contribution in [0.1, 0.15) is 17.5 Å². The quantitative estimate of drug-likeness (QED) is 0.434. The maximum atomic E-state index is 6.25. The van der Waals surface area contributed by atoms with Crippen LogP contribution in [0.5, 0.6) is 0 Å². The lowest BCUT2D eigenvalue weighted by atomic mass is 10.1. The molecule has 0 spiro atoms. The molecule has 3 aromatic carbocycles. The summed E-state index contributed by atoms with van der Waals surface area (Å²) in [6, 6.07) is 24.4. The zero-order valence-electron chi connectivity index (χ0n) is 14.1. The van der Waals surface area contributed by atoms with Crippen LogP contribution < -0.4 is 5.32 Å². The average Bonchev–Trinajstić information content (AvgIpc) is 3.17. The van der Waals surface area contributed by atoms with E-state index in [1.165, 1.54) is 0 Å². The summed E-state index contributed by atoms with van der Waals surface area (Å²) in [7, 11) is 0. The standard InChI is InChI=1S/C21H15Cl2N3O/c22-15-9-6-10-16(13-15)24-19(14-7-2-1-3-8-14)21-26-25-20(27-21)17-11-4-5-12-18(17)23/h1-13,19,24H/t19-/m0/s1. The summed E-state index contributed by atoms with van der Waals surface area (Å²) in [5.41, 5.74) is 2.55. The first-order valence-corrected chi connectivity index (χ1v) is 9.11. The molecule has 0 aliphatic heterocycles. The molecule has 0 aliphatic rings. The highest BCUT2D eigenvalue weighted by Gasteiger charge is 2.22. The minimum absolute atomic E-state index is 0.326. The van der Waals surface area contributed by atoms with Crippen molar-refractivity contribution in [2.24, 2.45) is 0 Å². The van der Waals surface area contributed by atoms with Crippen LogP contribution in [0.15, 0.2) is 83.3 Å². The largest absolute Gasteiger partial charge is 0.418 e. The van der Waals surface area contributed by atoms with E-state index in [0.717, 1.165) is 11.3 Å². The third kappa shape index (κ3) is 3.97. The highest BCUT2D eigenvalue weighted by Crippen LogP contribution is 2.31. The van der Waals surface area contributed by atoms with Gasteiger partial charge in [-0.3, -0.25) is 0 Å². The molecular weight excluding hydrogens is 381 g/mol. The Morgan fingerprint density at radius 3 is 2.37 bits per heavy atom.